The molecule has 1 atom stereocenters. The SMILES string of the molecule is COC1(CNC(C)Cc2ccc(Br)cc2)CCC1. The van der Waals surface area contributed by atoms with Crippen LogP contribution in [-0.4, -0.2) is 25.3 Å². The summed E-state index contributed by atoms with van der Waals surface area (Å²) in [6.45, 7) is 3.21. The molecular weight excluding hydrogens is 290 g/mol. The van der Waals surface area contributed by atoms with Crippen molar-refractivity contribution in [1.29, 1.82) is 0 Å². The van der Waals surface area contributed by atoms with Crippen LogP contribution in [0.5, 0.6) is 0 Å². The number of rotatable bonds is 6. The second kappa shape index (κ2) is 6.18. The van der Waals surface area contributed by atoms with Gasteiger partial charge < -0.3 is 10.1 Å². The van der Waals surface area contributed by atoms with Gasteiger partial charge in [-0.2, -0.15) is 0 Å². The minimum atomic E-state index is 0.119. The smallest absolute Gasteiger partial charge is 0.0802 e. The summed E-state index contributed by atoms with van der Waals surface area (Å²) in [5.41, 5.74) is 1.49. The maximum absolute atomic E-state index is 5.62. The Bertz CT molecular complexity index is 367. The number of halogens is 1. The monoisotopic (exact) mass is 311 g/mol. The molecule has 1 aromatic carbocycles. The summed E-state index contributed by atoms with van der Waals surface area (Å²) in [7, 11) is 1.83. The third-order valence-electron chi connectivity index (χ3n) is 3.93. The first kappa shape index (κ1) is 14.0. The number of benzene rings is 1. The van der Waals surface area contributed by atoms with Crippen LogP contribution in [0.2, 0.25) is 0 Å². The number of methoxy groups -OCH3 is 1. The highest BCUT2D eigenvalue weighted by atomic mass is 79.9. The zero-order valence-corrected chi connectivity index (χ0v) is 12.8. The largest absolute Gasteiger partial charge is 0.377 e. The summed E-state index contributed by atoms with van der Waals surface area (Å²) in [4.78, 5) is 0. The first-order valence-corrected chi connectivity index (χ1v) is 7.46. The molecule has 1 saturated carbocycles. The van der Waals surface area contributed by atoms with Gasteiger partial charge in [0.25, 0.3) is 0 Å². The maximum atomic E-state index is 5.62. The molecule has 1 aliphatic carbocycles. The molecule has 0 spiro atoms. The van der Waals surface area contributed by atoms with Crippen LogP contribution in [0, 0.1) is 0 Å². The normalized spacial score (nSPS) is 19.3. The molecule has 1 unspecified atom stereocenters. The van der Waals surface area contributed by atoms with Gasteiger partial charge >= 0.3 is 0 Å². The first-order chi connectivity index (χ1) is 8.63. The van der Waals surface area contributed by atoms with Crippen LogP contribution < -0.4 is 5.32 Å². The van der Waals surface area contributed by atoms with E-state index in [1.54, 1.807) is 0 Å². The van der Waals surface area contributed by atoms with Crippen molar-refractivity contribution in [3.63, 3.8) is 0 Å². The lowest BCUT2D eigenvalue weighted by molar-refractivity contribution is -0.0705. The molecule has 0 aromatic heterocycles. The first-order valence-electron chi connectivity index (χ1n) is 6.66. The second-order valence-electron chi connectivity index (χ2n) is 5.35. The zero-order chi connectivity index (χ0) is 13.0. The van der Waals surface area contributed by atoms with Gasteiger partial charge in [-0.1, -0.05) is 28.1 Å². The van der Waals surface area contributed by atoms with E-state index in [-0.39, 0.29) is 5.60 Å². The minimum Gasteiger partial charge on any atom is -0.377 e. The molecule has 0 radical (unpaired) electrons. The van der Waals surface area contributed by atoms with Crippen molar-refractivity contribution in [3.8, 4) is 0 Å². The van der Waals surface area contributed by atoms with E-state index in [9.17, 15) is 0 Å². The Hall–Kier alpha value is -0.380. The topological polar surface area (TPSA) is 21.3 Å². The predicted molar refractivity (Wildman–Crippen MR) is 78.9 cm³/mol. The summed E-state index contributed by atoms with van der Waals surface area (Å²) in [6, 6.07) is 9.05. The van der Waals surface area contributed by atoms with E-state index in [1.807, 2.05) is 7.11 Å². The molecule has 0 saturated heterocycles. The second-order valence-corrected chi connectivity index (χ2v) is 6.27. The van der Waals surface area contributed by atoms with Crippen molar-refractivity contribution in [1.82, 2.24) is 5.32 Å². The molecule has 2 rings (SSSR count). The van der Waals surface area contributed by atoms with E-state index < -0.39 is 0 Å². The van der Waals surface area contributed by atoms with Gasteiger partial charge in [-0.25, -0.2) is 0 Å². The van der Waals surface area contributed by atoms with Gasteiger partial charge in [-0.15, -0.1) is 0 Å². The van der Waals surface area contributed by atoms with Gasteiger partial charge in [0.15, 0.2) is 0 Å². The summed E-state index contributed by atoms with van der Waals surface area (Å²) in [6.07, 6.45) is 4.76. The van der Waals surface area contributed by atoms with E-state index in [0.29, 0.717) is 6.04 Å². The van der Waals surface area contributed by atoms with E-state index in [4.69, 9.17) is 4.74 Å². The Balaban J connectivity index is 1.78. The molecule has 0 heterocycles. The van der Waals surface area contributed by atoms with E-state index in [2.05, 4.69) is 52.4 Å². The Morgan fingerprint density at radius 3 is 2.50 bits per heavy atom. The molecule has 1 aromatic rings. The highest BCUT2D eigenvalue weighted by molar-refractivity contribution is 9.10. The van der Waals surface area contributed by atoms with E-state index >= 15 is 0 Å². The Kier molecular flexibility index (Phi) is 4.82. The molecule has 1 fully saturated rings. The predicted octanol–water partition coefficient (Wildman–Crippen LogP) is 3.54. The van der Waals surface area contributed by atoms with Gasteiger partial charge in [-0.05, 0) is 50.3 Å². The summed E-state index contributed by atoms with van der Waals surface area (Å²) >= 11 is 3.46. The third-order valence-corrected chi connectivity index (χ3v) is 4.45. The fourth-order valence-corrected chi connectivity index (χ4v) is 2.69. The average molecular weight is 312 g/mol. The molecular formula is C15H22BrNO. The van der Waals surface area contributed by atoms with Gasteiger partial charge in [0, 0.05) is 24.2 Å². The fraction of sp³-hybridized carbons (Fsp3) is 0.600. The van der Waals surface area contributed by atoms with E-state index in [1.165, 1.54) is 24.8 Å². The van der Waals surface area contributed by atoms with Crippen LogP contribution in [0.4, 0.5) is 0 Å². The third kappa shape index (κ3) is 3.56. The zero-order valence-electron chi connectivity index (χ0n) is 11.2. The molecule has 0 aliphatic heterocycles. The number of hydrogen-bond acceptors (Lipinski definition) is 2. The van der Waals surface area contributed by atoms with Crippen LogP contribution in [0.3, 0.4) is 0 Å². The molecule has 1 aliphatic rings. The lowest BCUT2D eigenvalue weighted by atomic mass is 9.80. The molecule has 1 N–H and O–H groups in total. The molecule has 3 heteroatoms. The van der Waals surface area contributed by atoms with Gasteiger partial charge in [0.05, 0.1) is 5.60 Å². The molecule has 18 heavy (non-hydrogen) atoms. The summed E-state index contributed by atoms with van der Waals surface area (Å²) in [5.74, 6) is 0. The van der Waals surface area contributed by atoms with Crippen molar-refractivity contribution >= 4 is 15.9 Å². The number of ether oxygens (including phenoxy) is 1. The Morgan fingerprint density at radius 1 is 1.33 bits per heavy atom. The highest BCUT2D eigenvalue weighted by Crippen LogP contribution is 2.34. The van der Waals surface area contributed by atoms with Crippen molar-refractivity contribution < 1.29 is 4.74 Å². The maximum Gasteiger partial charge on any atom is 0.0802 e. The summed E-state index contributed by atoms with van der Waals surface area (Å²) in [5, 5.41) is 3.60. The average Bonchev–Trinajstić information content (AvgIpc) is 2.31. The Morgan fingerprint density at radius 2 is 2.00 bits per heavy atom. The van der Waals surface area contributed by atoms with Crippen molar-refractivity contribution in [2.24, 2.45) is 0 Å². The molecule has 0 bridgehead atoms. The fourth-order valence-electron chi connectivity index (χ4n) is 2.43. The van der Waals surface area contributed by atoms with Gasteiger partial charge in [0.1, 0.15) is 0 Å². The van der Waals surface area contributed by atoms with Crippen LogP contribution in [0.15, 0.2) is 28.7 Å². The van der Waals surface area contributed by atoms with Crippen LogP contribution in [0.1, 0.15) is 31.7 Å². The summed E-state index contributed by atoms with van der Waals surface area (Å²) < 4.78 is 6.76. The van der Waals surface area contributed by atoms with E-state index in [0.717, 1.165) is 17.4 Å². The number of hydrogen-bond donors (Lipinski definition) is 1. The van der Waals surface area contributed by atoms with Crippen LogP contribution in [0.25, 0.3) is 0 Å². The van der Waals surface area contributed by atoms with Crippen molar-refractivity contribution in [3.05, 3.63) is 34.3 Å². The lowest BCUT2D eigenvalue weighted by Gasteiger charge is -2.41. The molecule has 100 valence electrons. The molecule has 2 nitrogen and oxygen atoms in total. The highest BCUT2D eigenvalue weighted by Gasteiger charge is 2.36. The minimum absolute atomic E-state index is 0.119. The Labute approximate surface area is 118 Å². The van der Waals surface area contributed by atoms with Crippen LogP contribution in [-0.2, 0) is 11.2 Å². The standard InChI is InChI=1S/C15H22BrNO/c1-12(10-13-4-6-14(16)7-5-13)17-11-15(18-2)8-3-9-15/h4-7,12,17H,3,8-11H2,1-2H3. The lowest BCUT2D eigenvalue weighted by Crippen LogP contribution is -2.50. The molecule has 0 amide bonds. The number of nitrogens with one attached hydrogen (secondary N) is 1. The van der Waals surface area contributed by atoms with Crippen molar-refractivity contribution in [2.75, 3.05) is 13.7 Å². The van der Waals surface area contributed by atoms with Gasteiger partial charge in [0.2, 0.25) is 0 Å². The quantitative estimate of drug-likeness (QED) is 0.867. The van der Waals surface area contributed by atoms with Gasteiger partial charge in [-0.3, -0.25) is 0 Å². The van der Waals surface area contributed by atoms with Crippen LogP contribution >= 0.6 is 15.9 Å². The van der Waals surface area contributed by atoms with Crippen molar-refractivity contribution in [2.45, 2.75) is 44.2 Å².